The van der Waals surface area contributed by atoms with E-state index in [0.29, 0.717) is 0 Å². The van der Waals surface area contributed by atoms with E-state index < -0.39 is 9.52 Å². The summed E-state index contributed by atoms with van der Waals surface area (Å²) in [5, 5.41) is 1.33. The molecule has 0 saturated carbocycles. The van der Waals surface area contributed by atoms with Gasteiger partial charge in [0.15, 0.2) is 0 Å². The van der Waals surface area contributed by atoms with E-state index in [1.165, 1.54) is 5.19 Å². The third-order valence-electron chi connectivity index (χ3n) is 1.69. The van der Waals surface area contributed by atoms with Crippen LogP contribution in [0.2, 0.25) is 5.54 Å². The molecule has 1 aromatic rings. The lowest BCUT2D eigenvalue weighted by Crippen LogP contribution is -2.17. The van der Waals surface area contributed by atoms with Crippen LogP contribution in [0, 0.1) is 24.7 Å². The summed E-state index contributed by atoms with van der Waals surface area (Å²) < 4.78 is 0. The van der Waals surface area contributed by atoms with Crippen molar-refractivity contribution in [2.75, 3.05) is 0 Å². The molecule has 0 unspecified atom stereocenters. The van der Waals surface area contributed by atoms with E-state index in [2.05, 4.69) is 24.0 Å². The van der Waals surface area contributed by atoms with Gasteiger partial charge < -0.3 is 0 Å². The van der Waals surface area contributed by atoms with Crippen molar-refractivity contribution in [3.05, 3.63) is 30.3 Å². The van der Waals surface area contributed by atoms with Crippen LogP contribution in [0.5, 0.6) is 0 Å². The first-order chi connectivity index (χ1) is 5.86. The first-order valence-corrected chi connectivity index (χ1v) is 5.35. The first-order valence-electron chi connectivity index (χ1n) is 3.83. The molecule has 0 spiro atoms. The third-order valence-corrected chi connectivity index (χ3v) is 3.51. The average molecular weight is 170 g/mol. The molecule has 0 nitrogen and oxygen atoms in total. The third kappa shape index (κ3) is 2.31. The van der Waals surface area contributed by atoms with Gasteiger partial charge in [-0.05, 0) is 0 Å². The van der Waals surface area contributed by atoms with Crippen molar-refractivity contribution in [2.24, 2.45) is 0 Å². The molecule has 1 aromatic carbocycles. The number of hydrogen-bond donors (Lipinski definition) is 0. The lowest BCUT2D eigenvalue weighted by molar-refractivity contribution is 1.52. The van der Waals surface area contributed by atoms with Crippen molar-refractivity contribution in [1.29, 1.82) is 0 Å². The largest absolute Gasteiger partial charge is 0.119 e. The predicted molar refractivity (Wildman–Crippen MR) is 56.0 cm³/mol. The molecule has 0 saturated heterocycles. The molecule has 0 radical (unpaired) electrons. The molecule has 0 aliphatic rings. The van der Waals surface area contributed by atoms with Crippen LogP contribution < -0.4 is 5.19 Å². The summed E-state index contributed by atoms with van der Waals surface area (Å²) in [4.78, 5) is 0. The van der Waals surface area contributed by atoms with Crippen LogP contribution in [0.1, 0.15) is 0 Å². The zero-order valence-corrected chi connectivity index (χ0v) is 8.24. The summed E-state index contributed by atoms with van der Waals surface area (Å²) in [6, 6.07) is 10.2. The summed E-state index contributed by atoms with van der Waals surface area (Å²) in [6.45, 7) is 0. The molecule has 1 rings (SSSR count). The van der Waals surface area contributed by atoms with Gasteiger partial charge in [-0.3, -0.25) is 0 Å². The van der Waals surface area contributed by atoms with Gasteiger partial charge in [0.25, 0.3) is 0 Å². The molecule has 0 N–H and O–H groups in total. The summed E-state index contributed by atoms with van der Waals surface area (Å²) in [5.41, 5.74) is 0.0624. The summed E-state index contributed by atoms with van der Waals surface area (Å²) in [7, 11) is -0.470. The van der Waals surface area contributed by atoms with Crippen molar-refractivity contribution >= 4 is 14.7 Å². The molecule has 58 valence electrons. The standard InChI is InChI=1S/C11H10Si/c1-3-10(4-2)12-11-8-6-5-7-9-11/h1-2,5-10H,12H2. The lowest BCUT2D eigenvalue weighted by atomic mass is 10.4. The van der Waals surface area contributed by atoms with E-state index in [9.17, 15) is 0 Å². The molecule has 0 aliphatic heterocycles. The monoisotopic (exact) mass is 170 g/mol. The molecule has 0 bridgehead atoms. The number of hydrogen-bond acceptors (Lipinski definition) is 0. The van der Waals surface area contributed by atoms with Crippen LogP contribution in [0.15, 0.2) is 30.3 Å². The number of benzene rings is 1. The van der Waals surface area contributed by atoms with E-state index in [1.54, 1.807) is 0 Å². The van der Waals surface area contributed by atoms with Crippen molar-refractivity contribution in [3.8, 4) is 24.7 Å². The zero-order valence-electron chi connectivity index (χ0n) is 6.83. The normalized spacial score (nSPS) is 9.92. The van der Waals surface area contributed by atoms with Gasteiger partial charge in [-0.25, -0.2) is 0 Å². The van der Waals surface area contributed by atoms with Crippen LogP contribution in [0.4, 0.5) is 0 Å². The van der Waals surface area contributed by atoms with Gasteiger partial charge >= 0.3 is 0 Å². The minimum atomic E-state index is -0.470. The van der Waals surface area contributed by atoms with Gasteiger partial charge in [-0.2, -0.15) is 0 Å². The molecule has 0 aliphatic carbocycles. The van der Waals surface area contributed by atoms with Crippen LogP contribution in [-0.4, -0.2) is 9.52 Å². The Bertz CT molecular complexity index is 299. The summed E-state index contributed by atoms with van der Waals surface area (Å²) in [6.07, 6.45) is 10.5. The predicted octanol–water partition coefficient (Wildman–Crippen LogP) is 0.536. The van der Waals surface area contributed by atoms with E-state index in [1.807, 2.05) is 18.2 Å². The minimum Gasteiger partial charge on any atom is -0.119 e. The highest BCUT2D eigenvalue weighted by atomic mass is 28.2. The highest BCUT2D eigenvalue weighted by Gasteiger charge is 2.01. The molecule has 0 amide bonds. The minimum absolute atomic E-state index is 0.0624. The van der Waals surface area contributed by atoms with E-state index in [-0.39, 0.29) is 5.54 Å². The maximum Gasteiger partial charge on any atom is 0.0867 e. The van der Waals surface area contributed by atoms with E-state index in [4.69, 9.17) is 12.8 Å². The van der Waals surface area contributed by atoms with Crippen molar-refractivity contribution in [2.45, 2.75) is 5.54 Å². The van der Waals surface area contributed by atoms with Crippen LogP contribution in [0.3, 0.4) is 0 Å². The molecule has 0 aromatic heterocycles. The fourth-order valence-corrected chi connectivity index (χ4v) is 2.27. The van der Waals surface area contributed by atoms with Gasteiger partial charge in [-0.1, -0.05) is 47.4 Å². The zero-order chi connectivity index (χ0) is 8.81. The second-order valence-corrected chi connectivity index (χ2v) is 4.62. The fourth-order valence-electron chi connectivity index (χ4n) is 1.02. The molecular weight excluding hydrogens is 160 g/mol. The Kier molecular flexibility index (Phi) is 3.20. The van der Waals surface area contributed by atoms with Crippen molar-refractivity contribution < 1.29 is 0 Å². The van der Waals surface area contributed by atoms with Crippen LogP contribution >= 0.6 is 0 Å². The second-order valence-electron chi connectivity index (χ2n) is 2.58. The number of rotatable bonds is 2. The molecule has 12 heavy (non-hydrogen) atoms. The Morgan fingerprint density at radius 1 is 1.08 bits per heavy atom. The van der Waals surface area contributed by atoms with Crippen molar-refractivity contribution in [3.63, 3.8) is 0 Å². The van der Waals surface area contributed by atoms with Gasteiger partial charge in [-0.15, -0.1) is 12.8 Å². The molecule has 1 heteroatoms. The Morgan fingerprint density at radius 3 is 2.17 bits per heavy atom. The molecule has 0 fully saturated rings. The van der Waals surface area contributed by atoms with Gasteiger partial charge in [0.2, 0.25) is 0 Å². The first kappa shape index (κ1) is 8.65. The highest BCUT2D eigenvalue weighted by Crippen LogP contribution is 1.96. The highest BCUT2D eigenvalue weighted by molar-refractivity contribution is 6.56. The quantitative estimate of drug-likeness (QED) is 0.449. The summed E-state index contributed by atoms with van der Waals surface area (Å²) >= 11 is 0. The van der Waals surface area contributed by atoms with Crippen LogP contribution in [-0.2, 0) is 0 Å². The average Bonchev–Trinajstić information content (AvgIpc) is 2.16. The molecule has 0 atom stereocenters. The van der Waals surface area contributed by atoms with Gasteiger partial charge in [0.05, 0.1) is 15.1 Å². The topological polar surface area (TPSA) is 0 Å². The number of terminal acetylenes is 2. The second kappa shape index (κ2) is 4.44. The lowest BCUT2D eigenvalue weighted by Gasteiger charge is -2.00. The molecule has 0 heterocycles. The maximum atomic E-state index is 5.27. The van der Waals surface area contributed by atoms with E-state index >= 15 is 0 Å². The smallest absolute Gasteiger partial charge is 0.0867 e. The SMILES string of the molecule is C#CC(C#C)[SiH2]c1ccccc1. The van der Waals surface area contributed by atoms with Crippen molar-refractivity contribution in [1.82, 2.24) is 0 Å². The van der Waals surface area contributed by atoms with Crippen LogP contribution in [0.25, 0.3) is 0 Å². The Hall–Kier alpha value is -1.44. The van der Waals surface area contributed by atoms with Gasteiger partial charge in [0.1, 0.15) is 0 Å². The summed E-state index contributed by atoms with van der Waals surface area (Å²) in [5.74, 6) is 5.25. The Labute approximate surface area is 75.8 Å². The fraction of sp³-hybridized carbons (Fsp3) is 0.0909. The maximum absolute atomic E-state index is 5.27. The molecular formula is C11H10Si. The Balaban J connectivity index is 2.66. The Morgan fingerprint density at radius 2 is 1.67 bits per heavy atom. The van der Waals surface area contributed by atoms with E-state index in [0.717, 1.165) is 0 Å². The van der Waals surface area contributed by atoms with Gasteiger partial charge in [0, 0.05) is 0 Å².